The zero-order chi connectivity index (χ0) is 16.7. The molecule has 3 heteroatoms. The van der Waals surface area contributed by atoms with Crippen LogP contribution in [0.4, 0.5) is 0 Å². The van der Waals surface area contributed by atoms with Crippen LogP contribution in [0.25, 0.3) is 0 Å². The largest absolute Gasteiger partial charge is 1.00 e. The Bertz CT molecular complexity index is 569. The molecule has 0 aromatic heterocycles. The molecule has 24 heavy (non-hydrogen) atoms. The monoisotopic (exact) mass is 346 g/mol. The van der Waals surface area contributed by atoms with E-state index in [1.165, 1.54) is 11.1 Å². The van der Waals surface area contributed by atoms with Crippen molar-refractivity contribution in [3.05, 3.63) is 71.8 Å². The predicted octanol–water partition coefficient (Wildman–Crippen LogP) is 1.11. The summed E-state index contributed by atoms with van der Waals surface area (Å²) < 4.78 is 0. The van der Waals surface area contributed by atoms with Crippen LogP contribution in [0.15, 0.2) is 60.7 Å². The van der Waals surface area contributed by atoms with Crippen molar-refractivity contribution >= 4 is 0 Å². The zero-order valence-corrected chi connectivity index (χ0v) is 15.7. The molecule has 0 heterocycles. The SMILES string of the molecule is CN(C)CCCC(C)(O)C(Cc1ccccc1)c1ccccc1.[Cl-]. The summed E-state index contributed by atoms with van der Waals surface area (Å²) in [5, 5.41) is 11.2. The minimum absolute atomic E-state index is 0. The van der Waals surface area contributed by atoms with Crippen molar-refractivity contribution in [3.8, 4) is 0 Å². The molecule has 2 rings (SSSR count). The first-order valence-electron chi connectivity index (χ1n) is 8.45. The molecule has 0 bridgehead atoms. The molecule has 2 nitrogen and oxygen atoms in total. The predicted molar refractivity (Wildman–Crippen MR) is 97.7 cm³/mol. The Morgan fingerprint density at radius 1 is 0.958 bits per heavy atom. The lowest BCUT2D eigenvalue weighted by Gasteiger charge is -2.34. The molecule has 0 spiro atoms. The van der Waals surface area contributed by atoms with Gasteiger partial charge in [0.2, 0.25) is 0 Å². The van der Waals surface area contributed by atoms with Gasteiger partial charge in [-0.25, -0.2) is 0 Å². The van der Waals surface area contributed by atoms with Gasteiger partial charge in [-0.3, -0.25) is 0 Å². The summed E-state index contributed by atoms with van der Waals surface area (Å²) in [6.07, 6.45) is 2.66. The highest BCUT2D eigenvalue weighted by Crippen LogP contribution is 2.35. The lowest BCUT2D eigenvalue weighted by Crippen LogP contribution is -3.00. The summed E-state index contributed by atoms with van der Waals surface area (Å²) in [6, 6.07) is 20.9. The summed E-state index contributed by atoms with van der Waals surface area (Å²) in [7, 11) is 4.15. The molecule has 0 aliphatic carbocycles. The third-order valence-corrected chi connectivity index (χ3v) is 4.52. The van der Waals surface area contributed by atoms with Gasteiger partial charge < -0.3 is 22.4 Å². The third kappa shape index (κ3) is 6.27. The highest BCUT2D eigenvalue weighted by Gasteiger charge is 2.32. The van der Waals surface area contributed by atoms with E-state index in [1.54, 1.807) is 0 Å². The number of hydrogen-bond acceptors (Lipinski definition) is 2. The highest BCUT2D eigenvalue weighted by atomic mass is 35.5. The van der Waals surface area contributed by atoms with Crippen molar-refractivity contribution < 1.29 is 17.5 Å². The number of aliphatic hydroxyl groups is 1. The van der Waals surface area contributed by atoms with Crippen LogP contribution in [-0.2, 0) is 6.42 Å². The van der Waals surface area contributed by atoms with Crippen molar-refractivity contribution in [2.75, 3.05) is 20.6 Å². The molecule has 0 aliphatic heterocycles. The molecular formula is C21H29ClNO-. The fraction of sp³-hybridized carbons (Fsp3) is 0.429. The average molecular weight is 347 g/mol. The van der Waals surface area contributed by atoms with Gasteiger partial charge in [0.25, 0.3) is 0 Å². The van der Waals surface area contributed by atoms with Gasteiger partial charge >= 0.3 is 0 Å². The quantitative estimate of drug-likeness (QED) is 0.774. The van der Waals surface area contributed by atoms with Crippen LogP contribution >= 0.6 is 0 Å². The van der Waals surface area contributed by atoms with E-state index in [0.717, 1.165) is 25.8 Å². The van der Waals surface area contributed by atoms with E-state index in [2.05, 4.69) is 67.5 Å². The van der Waals surface area contributed by atoms with Crippen LogP contribution in [0.5, 0.6) is 0 Å². The fourth-order valence-electron chi connectivity index (χ4n) is 3.16. The molecule has 0 saturated carbocycles. The lowest BCUT2D eigenvalue weighted by molar-refractivity contribution is -0.0000285. The summed E-state index contributed by atoms with van der Waals surface area (Å²) >= 11 is 0. The molecule has 132 valence electrons. The fourth-order valence-corrected chi connectivity index (χ4v) is 3.16. The van der Waals surface area contributed by atoms with E-state index in [1.807, 2.05) is 19.1 Å². The van der Waals surface area contributed by atoms with Crippen molar-refractivity contribution in [2.45, 2.75) is 37.7 Å². The van der Waals surface area contributed by atoms with Gasteiger partial charge in [0.1, 0.15) is 0 Å². The minimum atomic E-state index is -0.715. The maximum absolute atomic E-state index is 11.2. The summed E-state index contributed by atoms with van der Waals surface area (Å²) in [5.74, 6) is 0.105. The molecule has 0 saturated heterocycles. The van der Waals surface area contributed by atoms with Crippen LogP contribution in [0.3, 0.4) is 0 Å². The topological polar surface area (TPSA) is 23.5 Å². The van der Waals surface area contributed by atoms with Crippen molar-refractivity contribution in [1.82, 2.24) is 4.90 Å². The standard InChI is InChI=1S/C21H29NO.ClH/c1-21(23,15-10-16-22(2)3)20(19-13-8-5-9-14-19)17-18-11-6-4-7-12-18;/h4-9,11-14,20,23H,10,15-17H2,1-3H3;1H/p-1. The maximum atomic E-state index is 11.2. The molecule has 2 aromatic rings. The van der Waals surface area contributed by atoms with Crippen molar-refractivity contribution in [2.24, 2.45) is 0 Å². The highest BCUT2D eigenvalue weighted by molar-refractivity contribution is 5.27. The van der Waals surface area contributed by atoms with E-state index in [9.17, 15) is 5.11 Å². The number of hydrogen-bond donors (Lipinski definition) is 1. The minimum Gasteiger partial charge on any atom is -1.00 e. The summed E-state index contributed by atoms with van der Waals surface area (Å²) in [5.41, 5.74) is 1.77. The summed E-state index contributed by atoms with van der Waals surface area (Å²) in [4.78, 5) is 2.17. The van der Waals surface area contributed by atoms with E-state index >= 15 is 0 Å². The van der Waals surface area contributed by atoms with Crippen LogP contribution in [0.1, 0.15) is 36.8 Å². The molecule has 0 amide bonds. The molecular weight excluding hydrogens is 318 g/mol. The van der Waals surface area contributed by atoms with Crippen LogP contribution in [-0.4, -0.2) is 36.2 Å². The van der Waals surface area contributed by atoms with Gasteiger partial charge in [-0.15, -0.1) is 0 Å². The van der Waals surface area contributed by atoms with Gasteiger partial charge in [-0.2, -0.15) is 0 Å². The Morgan fingerprint density at radius 2 is 1.50 bits per heavy atom. The molecule has 2 atom stereocenters. The van der Waals surface area contributed by atoms with E-state index in [4.69, 9.17) is 0 Å². The number of rotatable bonds is 8. The molecule has 1 N–H and O–H groups in total. The van der Waals surface area contributed by atoms with Gasteiger partial charge in [0, 0.05) is 5.92 Å². The second-order valence-electron chi connectivity index (χ2n) is 6.92. The number of benzene rings is 2. The molecule has 0 radical (unpaired) electrons. The van der Waals surface area contributed by atoms with Crippen LogP contribution < -0.4 is 12.4 Å². The first-order chi connectivity index (χ1) is 11.0. The lowest BCUT2D eigenvalue weighted by atomic mass is 9.77. The zero-order valence-electron chi connectivity index (χ0n) is 15.0. The first-order valence-corrected chi connectivity index (χ1v) is 8.45. The second kappa shape index (κ2) is 9.83. The molecule has 0 fully saturated rings. The van der Waals surface area contributed by atoms with Crippen molar-refractivity contribution in [3.63, 3.8) is 0 Å². The van der Waals surface area contributed by atoms with E-state index < -0.39 is 5.60 Å². The van der Waals surface area contributed by atoms with Crippen LogP contribution in [0, 0.1) is 0 Å². The number of nitrogens with zero attached hydrogens (tertiary/aromatic N) is 1. The van der Waals surface area contributed by atoms with Gasteiger partial charge in [-0.1, -0.05) is 60.7 Å². The maximum Gasteiger partial charge on any atom is 0.0691 e. The summed E-state index contributed by atoms with van der Waals surface area (Å²) in [6.45, 7) is 2.99. The molecule has 2 unspecified atom stereocenters. The Kier molecular flexibility index (Phi) is 8.47. The third-order valence-electron chi connectivity index (χ3n) is 4.52. The Hall–Kier alpha value is -1.35. The molecule has 2 aromatic carbocycles. The normalized spacial score (nSPS) is 14.7. The van der Waals surface area contributed by atoms with Crippen LogP contribution in [0.2, 0.25) is 0 Å². The average Bonchev–Trinajstić information content (AvgIpc) is 2.54. The second-order valence-corrected chi connectivity index (χ2v) is 6.92. The van der Waals surface area contributed by atoms with Gasteiger partial charge in [0.05, 0.1) is 5.60 Å². The number of halogens is 1. The smallest absolute Gasteiger partial charge is 0.0691 e. The van der Waals surface area contributed by atoms with Gasteiger partial charge in [-0.05, 0) is 58.0 Å². The van der Waals surface area contributed by atoms with Crippen molar-refractivity contribution in [1.29, 1.82) is 0 Å². The van der Waals surface area contributed by atoms with E-state index in [0.29, 0.717) is 0 Å². The first kappa shape index (κ1) is 20.7. The van der Waals surface area contributed by atoms with Gasteiger partial charge in [0.15, 0.2) is 0 Å². The Morgan fingerprint density at radius 3 is 2.04 bits per heavy atom. The Balaban J connectivity index is 0.00000288. The molecule has 0 aliphatic rings. The van der Waals surface area contributed by atoms with E-state index in [-0.39, 0.29) is 18.3 Å². The Labute approximate surface area is 152 Å².